The number of nitrogens with zero attached hydrogens (tertiary/aromatic N) is 1. The van der Waals surface area contributed by atoms with Gasteiger partial charge in [-0.05, 0) is 50.5 Å². The van der Waals surface area contributed by atoms with E-state index < -0.39 is 0 Å². The van der Waals surface area contributed by atoms with Crippen LogP contribution in [0.4, 0.5) is 5.69 Å². The molecule has 0 saturated carbocycles. The maximum absolute atomic E-state index is 6.07. The Hall–Kier alpha value is -0.380. The van der Waals surface area contributed by atoms with Gasteiger partial charge in [0.2, 0.25) is 0 Å². The minimum Gasteiger partial charge on any atom is -0.368 e. The first kappa shape index (κ1) is 10.1. The van der Waals surface area contributed by atoms with Crippen molar-refractivity contribution in [3.8, 4) is 0 Å². The van der Waals surface area contributed by atoms with Crippen LogP contribution in [-0.4, -0.2) is 17.5 Å². The van der Waals surface area contributed by atoms with Crippen LogP contribution in [0.25, 0.3) is 0 Å². The molecule has 0 fully saturated rings. The molecule has 1 aliphatic heterocycles. The molecule has 14 heavy (non-hydrogen) atoms. The van der Waals surface area contributed by atoms with E-state index in [-0.39, 0.29) is 0 Å². The monoisotopic (exact) mass is 228 g/mol. The number of rotatable bonds is 0. The van der Waals surface area contributed by atoms with Crippen molar-refractivity contribution < 1.29 is 0 Å². The van der Waals surface area contributed by atoms with Crippen LogP contribution in [0.15, 0.2) is 17.0 Å². The zero-order valence-corrected chi connectivity index (χ0v) is 10.0. The highest BCUT2D eigenvalue weighted by atomic mass is 35.5. The third kappa shape index (κ3) is 1.72. The molecule has 1 atom stereocenters. The summed E-state index contributed by atoms with van der Waals surface area (Å²) in [4.78, 5) is 1.24. The Balaban J connectivity index is 2.42. The summed E-state index contributed by atoms with van der Waals surface area (Å²) >= 11 is 7.82. The van der Waals surface area contributed by atoms with Gasteiger partial charge in [-0.1, -0.05) is 11.6 Å². The van der Waals surface area contributed by atoms with Gasteiger partial charge in [-0.3, -0.25) is 0 Å². The Morgan fingerprint density at radius 3 is 2.93 bits per heavy atom. The van der Waals surface area contributed by atoms with Crippen LogP contribution in [-0.2, 0) is 0 Å². The fourth-order valence-electron chi connectivity index (χ4n) is 1.39. The largest absolute Gasteiger partial charge is 0.368 e. The summed E-state index contributed by atoms with van der Waals surface area (Å²) < 4.78 is 2.19. The van der Waals surface area contributed by atoms with Crippen LogP contribution in [0.1, 0.15) is 12.5 Å². The van der Waals surface area contributed by atoms with Crippen molar-refractivity contribution in [2.24, 2.45) is 0 Å². The molecule has 0 saturated heterocycles. The summed E-state index contributed by atoms with van der Waals surface area (Å²) in [5, 5.41) is 4.23. The lowest BCUT2D eigenvalue weighted by molar-refractivity contribution is 0.472. The SMILES string of the molecule is Cc1cc2c(cc1Cl)NC(C)N(C)S2. The smallest absolute Gasteiger partial charge is 0.0860 e. The molecule has 2 rings (SSSR count). The molecule has 76 valence electrons. The molecule has 1 aliphatic rings. The average Bonchev–Trinajstić information content (AvgIpc) is 2.11. The zero-order valence-electron chi connectivity index (χ0n) is 8.47. The molecule has 1 heterocycles. The summed E-state index contributed by atoms with van der Waals surface area (Å²) in [6.45, 7) is 4.16. The van der Waals surface area contributed by atoms with Gasteiger partial charge in [0.15, 0.2) is 0 Å². The maximum atomic E-state index is 6.07. The first-order chi connectivity index (χ1) is 6.58. The highest BCUT2D eigenvalue weighted by Crippen LogP contribution is 2.38. The number of fused-ring (bicyclic) bond motifs is 1. The molecular weight excluding hydrogens is 216 g/mol. The van der Waals surface area contributed by atoms with Crippen LogP contribution >= 0.6 is 23.5 Å². The molecule has 0 spiro atoms. The molecule has 0 radical (unpaired) electrons. The van der Waals surface area contributed by atoms with Gasteiger partial charge in [0, 0.05) is 9.92 Å². The van der Waals surface area contributed by atoms with E-state index >= 15 is 0 Å². The third-order valence-electron chi connectivity index (χ3n) is 2.41. The summed E-state index contributed by atoms with van der Waals surface area (Å²) in [7, 11) is 2.08. The normalized spacial score (nSPS) is 21.6. The number of nitrogens with one attached hydrogen (secondary N) is 1. The van der Waals surface area contributed by atoms with Gasteiger partial charge in [-0.2, -0.15) is 0 Å². The van der Waals surface area contributed by atoms with Crippen LogP contribution in [0.5, 0.6) is 0 Å². The second kappa shape index (κ2) is 3.65. The van der Waals surface area contributed by atoms with Gasteiger partial charge in [-0.25, -0.2) is 4.31 Å². The Labute approximate surface area is 93.8 Å². The van der Waals surface area contributed by atoms with Gasteiger partial charge in [0.25, 0.3) is 0 Å². The molecular formula is C10H13ClN2S. The first-order valence-corrected chi connectivity index (χ1v) is 5.70. The Kier molecular flexibility index (Phi) is 2.64. The van der Waals surface area contributed by atoms with Gasteiger partial charge in [-0.15, -0.1) is 0 Å². The van der Waals surface area contributed by atoms with Crippen LogP contribution < -0.4 is 5.32 Å². The Morgan fingerprint density at radius 1 is 1.50 bits per heavy atom. The highest BCUT2D eigenvalue weighted by molar-refractivity contribution is 7.97. The van der Waals surface area contributed by atoms with Crippen LogP contribution in [0.3, 0.4) is 0 Å². The number of benzene rings is 1. The second-order valence-corrected chi connectivity index (χ2v) is 5.16. The number of hydrogen-bond acceptors (Lipinski definition) is 3. The van der Waals surface area contributed by atoms with Crippen molar-refractivity contribution in [1.29, 1.82) is 0 Å². The van der Waals surface area contributed by atoms with Gasteiger partial charge < -0.3 is 5.32 Å². The standard InChI is InChI=1S/C10H13ClN2S/c1-6-4-10-9(5-8(6)11)12-7(2)13(3)14-10/h4-5,7,12H,1-3H3. The van der Waals surface area contributed by atoms with Crippen LogP contribution in [0.2, 0.25) is 5.02 Å². The molecule has 1 unspecified atom stereocenters. The van der Waals surface area contributed by atoms with Gasteiger partial charge in [0.05, 0.1) is 11.9 Å². The predicted octanol–water partition coefficient (Wildman–Crippen LogP) is 3.36. The van der Waals surface area contributed by atoms with Gasteiger partial charge in [0.1, 0.15) is 0 Å². The van der Waals surface area contributed by atoms with Crippen molar-refractivity contribution in [2.45, 2.75) is 24.9 Å². The van der Waals surface area contributed by atoms with E-state index in [9.17, 15) is 0 Å². The van der Waals surface area contributed by atoms with Crippen molar-refractivity contribution in [1.82, 2.24) is 4.31 Å². The van der Waals surface area contributed by atoms with E-state index in [1.54, 1.807) is 11.9 Å². The fraction of sp³-hybridized carbons (Fsp3) is 0.400. The predicted molar refractivity (Wildman–Crippen MR) is 62.9 cm³/mol. The third-order valence-corrected chi connectivity index (χ3v) is 3.96. The van der Waals surface area contributed by atoms with E-state index in [0.29, 0.717) is 6.17 Å². The van der Waals surface area contributed by atoms with E-state index in [4.69, 9.17) is 11.6 Å². The maximum Gasteiger partial charge on any atom is 0.0860 e. The molecule has 0 aliphatic carbocycles. The van der Waals surface area contributed by atoms with Crippen molar-refractivity contribution in [3.63, 3.8) is 0 Å². The Bertz CT molecular complexity index is 332. The first-order valence-electron chi connectivity index (χ1n) is 4.55. The molecule has 1 aromatic carbocycles. The van der Waals surface area contributed by atoms with Gasteiger partial charge >= 0.3 is 0 Å². The summed E-state index contributed by atoms with van der Waals surface area (Å²) in [6.07, 6.45) is 0.339. The quantitative estimate of drug-likeness (QED) is 0.686. The lowest BCUT2D eigenvalue weighted by atomic mass is 10.2. The highest BCUT2D eigenvalue weighted by Gasteiger charge is 2.20. The molecule has 1 aromatic rings. The molecule has 0 amide bonds. The average molecular weight is 229 g/mol. The molecule has 0 aromatic heterocycles. The van der Waals surface area contributed by atoms with Crippen molar-refractivity contribution in [3.05, 3.63) is 22.7 Å². The van der Waals surface area contributed by atoms with E-state index in [1.165, 1.54) is 4.90 Å². The number of halogens is 1. The van der Waals surface area contributed by atoms with Crippen molar-refractivity contribution >= 4 is 29.2 Å². The molecule has 2 nitrogen and oxygen atoms in total. The lowest BCUT2D eigenvalue weighted by Crippen LogP contribution is -2.33. The van der Waals surface area contributed by atoms with Crippen LogP contribution in [0, 0.1) is 6.92 Å². The number of hydrogen-bond donors (Lipinski definition) is 1. The van der Waals surface area contributed by atoms with E-state index in [0.717, 1.165) is 16.3 Å². The summed E-state index contributed by atoms with van der Waals surface area (Å²) in [5.41, 5.74) is 2.26. The lowest BCUT2D eigenvalue weighted by Gasteiger charge is -2.32. The minimum absolute atomic E-state index is 0.339. The zero-order chi connectivity index (χ0) is 10.3. The molecule has 4 heteroatoms. The van der Waals surface area contributed by atoms with E-state index in [2.05, 4.69) is 29.7 Å². The second-order valence-electron chi connectivity index (χ2n) is 3.56. The topological polar surface area (TPSA) is 15.3 Å². The minimum atomic E-state index is 0.339. The summed E-state index contributed by atoms with van der Waals surface area (Å²) in [5.74, 6) is 0. The van der Waals surface area contributed by atoms with E-state index in [1.807, 2.05) is 13.0 Å². The molecule has 1 N–H and O–H groups in total. The number of anilines is 1. The van der Waals surface area contributed by atoms with Crippen molar-refractivity contribution in [2.75, 3.05) is 12.4 Å². The summed E-state index contributed by atoms with van der Waals surface area (Å²) in [6, 6.07) is 4.13. The Morgan fingerprint density at radius 2 is 2.21 bits per heavy atom. The number of aryl methyl sites for hydroxylation is 1. The fourth-order valence-corrected chi connectivity index (χ4v) is 2.52. The molecule has 0 bridgehead atoms.